The third kappa shape index (κ3) is 2.97. The zero-order valence-electron chi connectivity index (χ0n) is 13.9. The van der Waals surface area contributed by atoms with Gasteiger partial charge in [-0.15, -0.1) is 0 Å². The number of anilines is 1. The maximum atomic E-state index is 13.6. The molecule has 5 heteroatoms. The second-order valence-electron chi connectivity index (χ2n) is 6.56. The number of nitrogen functional groups attached to an aromatic ring is 1. The fourth-order valence-corrected chi connectivity index (χ4v) is 3.54. The molecule has 25 heavy (non-hydrogen) atoms. The molecule has 1 amide bonds. The number of halogens is 1. The summed E-state index contributed by atoms with van der Waals surface area (Å²) in [6.45, 7) is 2.03. The highest BCUT2D eigenvalue weighted by molar-refractivity contribution is 5.99. The van der Waals surface area contributed by atoms with Gasteiger partial charge in [0, 0.05) is 36.2 Å². The number of benzene rings is 2. The third-order valence-corrected chi connectivity index (χ3v) is 4.77. The number of likely N-dealkylation sites (tertiary alicyclic amines) is 1. The summed E-state index contributed by atoms with van der Waals surface area (Å²) in [5, 5.41) is 0.930. The topological polar surface area (TPSA) is 51.3 Å². The molecule has 3 aromatic rings. The molecule has 1 aromatic heterocycles. The lowest BCUT2D eigenvalue weighted by atomic mass is 10.2. The fraction of sp³-hybridized carbons (Fsp3) is 0.250. The van der Waals surface area contributed by atoms with Crippen LogP contribution in [0.4, 0.5) is 10.1 Å². The van der Waals surface area contributed by atoms with E-state index < -0.39 is 0 Å². The zero-order valence-corrected chi connectivity index (χ0v) is 13.9. The molecule has 0 radical (unpaired) electrons. The molecule has 4 rings (SSSR count). The number of hydrogen-bond acceptors (Lipinski definition) is 2. The van der Waals surface area contributed by atoms with Crippen LogP contribution in [0.25, 0.3) is 10.9 Å². The van der Waals surface area contributed by atoms with E-state index in [1.165, 1.54) is 12.1 Å². The van der Waals surface area contributed by atoms with Crippen molar-refractivity contribution >= 4 is 22.5 Å². The van der Waals surface area contributed by atoms with Gasteiger partial charge in [0.2, 0.25) is 0 Å². The summed E-state index contributed by atoms with van der Waals surface area (Å²) < 4.78 is 15.5. The van der Waals surface area contributed by atoms with Crippen LogP contribution in [0.5, 0.6) is 0 Å². The highest BCUT2D eigenvalue weighted by atomic mass is 19.1. The maximum absolute atomic E-state index is 13.6. The second kappa shape index (κ2) is 6.24. The summed E-state index contributed by atoms with van der Waals surface area (Å²) in [7, 11) is 0. The van der Waals surface area contributed by atoms with Crippen molar-refractivity contribution in [3.63, 3.8) is 0 Å². The Labute approximate surface area is 145 Å². The molecule has 2 N–H and O–H groups in total. The van der Waals surface area contributed by atoms with Crippen LogP contribution in [0.15, 0.2) is 48.5 Å². The number of carbonyl (C=O) groups is 1. The first-order valence-corrected chi connectivity index (χ1v) is 8.54. The molecule has 2 aromatic carbocycles. The molecule has 4 nitrogen and oxygen atoms in total. The third-order valence-electron chi connectivity index (χ3n) is 4.77. The van der Waals surface area contributed by atoms with E-state index in [2.05, 4.69) is 0 Å². The highest BCUT2D eigenvalue weighted by Gasteiger charge is 2.24. The summed E-state index contributed by atoms with van der Waals surface area (Å²) in [4.78, 5) is 14.9. The van der Waals surface area contributed by atoms with E-state index in [-0.39, 0.29) is 11.7 Å². The van der Waals surface area contributed by atoms with Crippen LogP contribution >= 0.6 is 0 Å². The lowest BCUT2D eigenvalue weighted by Crippen LogP contribution is -2.29. The normalized spacial score (nSPS) is 14.4. The summed E-state index contributed by atoms with van der Waals surface area (Å²) in [5.74, 6) is -0.241. The van der Waals surface area contributed by atoms with E-state index >= 15 is 0 Å². The first-order valence-electron chi connectivity index (χ1n) is 8.54. The van der Waals surface area contributed by atoms with Gasteiger partial charge in [0.25, 0.3) is 5.91 Å². The molecule has 1 fully saturated rings. The molecular weight excluding hydrogens is 317 g/mol. The maximum Gasteiger partial charge on any atom is 0.270 e. The minimum Gasteiger partial charge on any atom is -0.399 e. The van der Waals surface area contributed by atoms with Crippen molar-refractivity contribution in [1.82, 2.24) is 9.47 Å². The molecule has 2 heterocycles. The minimum absolute atomic E-state index is 0.0312. The minimum atomic E-state index is -0.273. The van der Waals surface area contributed by atoms with Crippen LogP contribution in [-0.4, -0.2) is 28.5 Å². The van der Waals surface area contributed by atoms with E-state index in [0.717, 1.165) is 42.4 Å². The molecule has 0 saturated carbocycles. The standard InChI is InChI=1S/C20H20FN3O/c21-16-5-3-4-14(10-16)13-24-18-7-6-17(22)11-15(18)12-19(24)20(25)23-8-1-2-9-23/h3-7,10-12H,1-2,8-9,13,22H2. The van der Waals surface area contributed by atoms with Gasteiger partial charge in [0.15, 0.2) is 0 Å². The van der Waals surface area contributed by atoms with Crippen molar-refractivity contribution in [1.29, 1.82) is 0 Å². The van der Waals surface area contributed by atoms with Gasteiger partial charge in [-0.1, -0.05) is 12.1 Å². The van der Waals surface area contributed by atoms with Crippen molar-refractivity contribution in [2.45, 2.75) is 19.4 Å². The van der Waals surface area contributed by atoms with Crippen molar-refractivity contribution in [2.24, 2.45) is 0 Å². The Morgan fingerprint density at radius 3 is 2.64 bits per heavy atom. The Morgan fingerprint density at radius 2 is 1.88 bits per heavy atom. The average molecular weight is 337 g/mol. The Kier molecular flexibility index (Phi) is 3.92. The zero-order chi connectivity index (χ0) is 17.4. The van der Waals surface area contributed by atoms with Gasteiger partial charge < -0.3 is 15.2 Å². The Bertz CT molecular complexity index is 941. The van der Waals surface area contributed by atoms with Gasteiger partial charge in [-0.2, -0.15) is 0 Å². The Morgan fingerprint density at radius 1 is 1.08 bits per heavy atom. The van der Waals surface area contributed by atoms with E-state index in [9.17, 15) is 9.18 Å². The van der Waals surface area contributed by atoms with Crippen LogP contribution in [0.1, 0.15) is 28.9 Å². The Balaban J connectivity index is 1.81. The predicted molar refractivity (Wildman–Crippen MR) is 97.0 cm³/mol. The van der Waals surface area contributed by atoms with Crippen LogP contribution < -0.4 is 5.73 Å². The van der Waals surface area contributed by atoms with Crippen LogP contribution in [0, 0.1) is 5.82 Å². The molecule has 0 bridgehead atoms. The van der Waals surface area contributed by atoms with Crippen LogP contribution in [-0.2, 0) is 6.54 Å². The number of aromatic nitrogens is 1. The lowest BCUT2D eigenvalue weighted by molar-refractivity contribution is 0.0783. The predicted octanol–water partition coefficient (Wildman–Crippen LogP) is 3.65. The highest BCUT2D eigenvalue weighted by Crippen LogP contribution is 2.25. The van der Waals surface area contributed by atoms with E-state index in [4.69, 9.17) is 5.73 Å². The van der Waals surface area contributed by atoms with Gasteiger partial charge in [-0.05, 0) is 54.8 Å². The van der Waals surface area contributed by atoms with Crippen LogP contribution in [0.3, 0.4) is 0 Å². The summed E-state index contributed by atoms with van der Waals surface area (Å²) in [6.07, 6.45) is 2.09. The van der Waals surface area contributed by atoms with Crippen molar-refractivity contribution in [3.05, 3.63) is 65.6 Å². The summed E-state index contributed by atoms with van der Waals surface area (Å²) >= 11 is 0. The number of nitrogens with zero attached hydrogens (tertiary/aromatic N) is 2. The molecule has 1 aliphatic heterocycles. The average Bonchev–Trinajstić information content (AvgIpc) is 3.23. The largest absolute Gasteiger partial charge is 0.399 e. The van der Waals surface area contributed by atoms with Gasteiger partial charge >= 0.3 is 0 Å². The number of hydrogen-bond donors (Lipinski definition) is 1. The molecule has 1 saturated heterocycles. The quantitative estimate of drug-likeness (QED) is 0.742. The first kappa shape index (κ1) is 15.7. The molecule has 1 aliphatic rings. The smallest absolute Gasteiger partial charge is 0.270 e. The number of fused-ring (bicyclic) bond motifs is 1. The van der Waals surface area contributed by atoms with E-state index in [0.29, 0.717) is 17.9 Å². The van der Waals surface area contributed by atoms with E-state index in [1.807, 2.05) is 39.8 Å². The van der Waals surface area contributed by atoms with Crippen molar-refractivity contribution < 1.29 is 9.18 Å². The van der Waals surface area contributed by atoms with Gasteiger partial charge in [0.1, 0.15) is 11.5 Å². The second-order valence-corrected chi connectivity index (χ2v) is 6.56. The van der Waals surface area contributed by atoms with Gasteiger partial charge in [-0.3, -0.25) is 4.79 Å². The molecule has 0 aliphatic carbocycles. The SMILES string of the molecule is Nc1ccc2c(c1)cc(C(=O)N1CCCC1)n2Cc1cccc(F)c1. The number of nitrogens with two attached hydrogens (primary N) is 1. The number of rotatable bonds is 3. The molecule has 0 unspecified atom stereocenters. The van der Waals surface area contributed by atoms with Crippen molar-refractivity contribution in [3.8, 4) is 0 Å². The lowest BCUT2D eigenvalue weighted by Gasteiger charge is -2.17. The Hall–Kier alpha value is -2.82. The number of amides is 1. The molecule has 0 spiro atoms. The van der Waals surface area contributed by atoms with E-state index in [1.54, 1.807) is 6.07 Å². The van der Waals surface area contributed by atoms with Crippen LogP contribution in [0.2, 0.25) is 0 Å². The molecule has 128 valence electrons. The van der Waals surface area contributed by atoms with Gasteiger partial charge in [-0.25, -0.2) is 4.39 Å². The fourth-order valence-electron chi connectivity index (χ4n) is 3.54. The monoisotopic (exact) mass is 337 g/mol. The van der Waals surface area contributed by atoms with Crippen molar-refractivity contribution in [2.75, 3.05) is 18.8 Å². The summed E-state index contributed by atoms with van der Waals surface area (Å²) in [5.41, 5.74) is 8.95. The molecule has 0 atom stereocenters. The number of carbonyl (C=O) groups excluding carboxylic acids is 1. The first-order chi connectivity index (χ1) is 12.1. The molecular formula is C20H20FN3O. The van der Waals surface area contributed by atoms with Gasteiger partial charge in [0.05, 0.1) is 0 Å². The summed E-state index contributed by atoms with van der Waals surface area (Å²) in [6, 6.07) is 14.0.